The van der Waals surface area contributed by atoms with Crippen molar-refractivity contribution in [1.29, 1.82) is 0 Å². The fraction of sp³-hybridized carbons (Fsp3) is 0.214. The van der Waals surface area contributed by atoms with Crippen LogP contribution in [0.25, 0.3) is 0 Å². The third-order valence-corrected chi connectivity index (χ3v) is 4.76. The summed E-state index contributed by atoms with van der Waals surface area (Å²) >= 11 is 5.18. The summed E-state index contributed by atoms with van der Waals surface area (Å²) in [5.74, 6) is 0. The van der Waals surface area contributed by atoms with Gasteiger partial charge in [0.15, 0.2) is 0 Å². The van der Waals surface area contributed by atoms with E-state index in [1.54, 1.807) is 16.2 Å². The molecule has 1 aliphatic rings. The van der Waals surface area contributed by atoms with E-state index >= 15 is 0 Å². The number of nitrogens with zero attached hydrogens (tertiary/aromatic N) is 1. The van der Waals surface area contributed by atoms with Crippen molar-refractivity contribution in [2.75, 3.05) is 23.3 Å². The Hall–Kier alpha value is -1.53. The number of carbonyl (C=O) groups is 1. The fourth-order valence-electron chi connectivity index (χ4n) is 2.11. The molecule has 104 valence electrons. The predicted octanol–water partition coefficient (Wildman–Crippen LogP) is 3.65. The van der Waals surface area contributed by atoms with Crippen LogP contribution in [-0.4, -0.2) is 19.1 Å². The number of benzene rings is 1. The number of anilines is 2. The number of carbonyl (C=O) groups excluding carboxylic acids is 1. The summed E-state index contributed by atoms with van der Waals surface area (Å²) in [4.78, 5) is 14.6. The molecule has 2 N–H and O–H groups in total. The molecular formula is C14H14BrN3OS. The van der Waals surface area contributed by atoms with Crippen molar-refractivity contribution in [3.05, 3.63) is 45.1 Å². The molecule has 4 nitrogen and oxygen atoms in total. The highest BCUT2D eigenvalue weighted by Gasteiger charge is 2.20. The van der Waals surface area contributed by atoms with Gasteiger partial charge < -0.3 is 10.6 Å². The topological polar surface area (TPSA) is 44.4 Å². The van der Waals surface area contributed by atoms with Crippen LogP contribution < -0.4 is 15.5 Å². The molecule has 0 saturated carbocycles. The van der Waals surface area contributed by atoms with Crippen molar-refractivity contribution in [1.82, 2.24) is 5.32 Å². The molecule has 2 heterocycles. The van der Waals surface area contributed by atoms with Crippen molar-refractivity contribution in [3.63, 3.8) is 0 Å². The predicted molar refractivity (Wildman–Crippen MR) is 86.5 cm³/mol. The molecule has 1 aromatic heterocycles. The number of nitrogens with one attached hydrogen (secondary N) is 2. The summed E-state index contributed by atoms with van der Waals surface area (Å²) in [6.07, 6.45) is 0. The summed E-state index contributed by atoms with van der Waals surface area (Å²) in [6, 6.07) is 12.1. The van der Waals surface area contributed by atoms with Gasteiger partial charge in [-0.25, -0.2) is 4.79 Å². The lowest BCUT2D eigenvalue weighted by Crippen LogP contribution is -2.27. The number of halogens is 1. The molecule has 1 saturated heterocycles. The van der Waals surface area contributed by atoms with Crippen LogP contribution in [0.15, 0.2) is 40.2 Å². The highest BCUT2D eigenvalue weighted by molar-refractivity contribution is 9.11. The molecule has 0 spiro atoms. The van der Waals surface area contributed by atoms with Crippen molar-refractivity contribution in [2.24, 2.45) is 0 Å². The average molecular weight is 352 g/mol. The van der Waals surface area contributed by atoms with Crippen LogP contribution >= 0.6 is 27.3 Å². The van der Waals surface area contributed by atoms with Crippen LogP contribution in [0.2, 0.25) is 0 Å². The van der Waals surface area contributed by atoms with Gasteiger partial charge in [-0.2, -0.15) is 0 Å². The number of urea groups is 1. The number of amides is 2. The fourth-order valence-corrected chi connectivity index (χ4v) is 3.54. The molecule has 0 radical (unpaired) electrons. The first-order valence-corrected chi connectivity index (χ1v) is 7.97. The number of hydrogen-bond donors (Lipinski definition) is 2. The molecular weight excluding hydrogens is 338 g/mol. The standard InChI is InChI=1S/C14H14BrN3OS/c15-13-6-5-12(20-13)9-17-10-1-3-11(4-2-10)18-8-7-16-14(18)19/h1-6,17H,7-9H2,(H,16,19). The quantitative estimate of drug-likeness (QED) is 0.882. The SMILES string of the molecule is O=C1NCCN1c1ccc(NCc2ccc(Br)s2)cc1. The van der Waals surface area contributed by atoms with Gasteiger partial charge in [0.05, 0.1) is 3.79 Å². The zero-order valence-corrected chi connectivity index (χ0v) is 13.1. The van der Waals surface area contributed by atoms with Crippen molar-refractivity contribution in [3.8, 4) is 0 Å². The summed E-state index contributed by atoms with van der Waals surface area (Å²) in [5.41, 5.74) is 1.99. The van der Waals surface area contributed by atoms with E-state index in [0.29, 0.717) is 6.54 Å². The Morgan fingerprint density at radius 3 is 2.65 bits per heavy atom. The number of rotatable bonds is 4. The Labute approximate surface area is 129 Å². The smallest absolute Gasteiger partial charge is 0.321 e. The summed E-state index contributed by atoms with van der Waals surface area (Å²) in [6.45, 7) is 2.25. The van der Waals surface area contributed by atoms with Crippen LogP contribution in [0.3, 0.4) is 0 Å². The minimum absolute atomic E-state index is 0.0193. The molecule has 0 atom stereocenters. The Kier molecular flexibility index (Phi) is 3.93. The maximum absolute atomic E-state index is 11.6. The Bertz CT molecular complexity index is 611. The van der Waals surface area contributed by atoms with Gasteiger partial charge in [-0.15, -0.1) is 11.3 Å². The third kappa shape index (κ3) is 2.96. The van der Waals surface area contributed by atoms with E-state index in [4.69, 9.17) is 0 Å². The highest BCUT2D eigenvalue weighted by atomic mass is 79.9. The maximum Gasteiger partial charge on any atom is 0.321 e. The zero-order chi connectivity index (χ0) is 13.9. The third-order valence-electron chi connectivity index (χ3n) is 3.13. The number of hydrogen-bond acceptors (Lipinski definition) is 3. The lowest BCUT2D eigenvalue weighted by molar-refractivity contribution is 0.252. The van der Waals surface area contributed by atoms with Crippen LogP contribution in [0.5, 0.6) is 0 Å². The molecule has 3 rings (SSSR count). The van der Waals surface area contributed by atoms with E-state index in [1.807, 2.05) is 24.3 Å². The highest BCUT2D eigenvalue weighted by Crippen LogP contribution is 2.24. The molecule has 0 aliphatic carbocycles. The minimum Gasteiger partial charge on any atom is -0.380 e. The van der Waals surface area contributed by atoms with E-state index < -0.39 is 0 Å². The summed E-state index contributed by atoms with van der Waals surface area (Å²) in [7, 11) is 0. The second kappa shape index (κ2) is 5.85. The Morgan fingerprint density at radius 1 is 1.25 bits per heavy atom. The first kappa shape index (κ1) is 13.5. The van der Waals surface area contributed by atoms with Crippen molar-refractivity contribution >= 4 is 44.7 Å². The van der Waals surface area contributed by atoms with Gasteiger partial charge >= 0.3 is 6.03 Å². The largest absolute Gasteiger partial charge is 0.380 e. The minimum atomic E-state index is -0.0193. The Morgan fingerprint density at radius 2 is 2.05 bits per heavy atom. The van der Waals surface area contributed by atoms with E-state index in [9.17, 15) is 4.79 Å². The van der Waals surface area contributed by atoms with E-state index in [1.165, 1.54) is 4.88 Å². The molecule has 6 heteroatoms. The van der Waals surface area contributed by atoms with Crippen molar-refractivity contribution in [2.45, 2.75) is 6.54 Å². The van der Waals surface area contributed by atoms with Gasteiger partial charge in [-0.05, 0) is 52.3 Å². The van der Waals surface area contributed by atoms with Gasteiger partial charge in [-0.1, -0.05) is 0 Å². The molecule has 0 bridgehead atoms. The first-order chi connectivity index (χ1) is 9.72. The first-order valence-electron chi connectivity index (χ1n) is 6.36. The van der Waals surface area contributed by atoms with E-state index in [0.717, 1.165) is 28.3 Å². The zero-order valence-electron chi connectivity index (χ0n) is 10.7. The number of thiophene rings is 1. The second-order valence-corrected chi connectivity index (χ2v) is 7.04. The summed E-state index contributed by atoms with van der Waals surface area (Å²) < 4.78 is 1.14. The van der Waals surface area contributed by atoms with E-state index in [-0.39, 0.29) is 6.03 Å². The second-order valence-electron chi connectivity index (χ2n) is 4.49. The average Bonchev–Trinajstić information content (AvgIpc) is 3.06. The molecule has 1 aliphatic heterocycles. The van der Waals surface area contributed by atoms with Crippen molar-refractivity contribution < 1.29 is 4.79 Å². The van der Waals surface area contributed by atoms with Gasteiger partial charge in [0.1, 0.15) is 0 Å². The molecule has 1 fully saturated rings. The van der Waals surface area contributed by atoms with Gasteiger partial charge in [0, 0.05) is 35.9 Å². The molecule has 2 aromatic rings. The normalized spacial score (nSPS) is 14.4. The molecule has 1 aromatic carbocycles. The summed E-state index contributed by atoms with van der Waals surface area (Å²) in [5, 5.41) is 6.17. The Balaban J connectivity index is 1.62. The van der Waals surface area contributed by atoms with Crippen LogP contribution in [-0.2, 0) is 6.54 Å². The maximum atomic E-state index is 11.6. The lowest BCUT2D eigenvalue weighted by Gasteiger charge is -2.14. The monoisotopic (exact) mass is 351 g/mol. The van der Waals surface area contributed by atoms with Gasteiger partial charge in [0.2, 0.25) is 0 Å². The van der Waals surface area contributed by atoms with Gasteiger partial charge in [0.25, 0.3) is 0 Å². The van der Waals surface area contributed by atoms with Crippen LogP contribution in [0.1, 0.15) is 4.88 Å². The lowest BCUT2D eigenvalue weighted by atomic mass is 10.2. The van der Waals surface area contributed by atoms with E-state index in [2.05, 4.69) is 38.7 Å². The molecule has 20 heavy (non-hydrogen) atoms. The van der Waals surface area contributed by atoms with Crippen LogP contribution in [0.4, 0.5) is 16.2 Å². The molecule has 2 amide bonds. The van der Waals surface area contributed by atoms with Crippen LogP contribution in [0, 0.1) is 0 Å². The molecule has 0 unspecified atom stereocenters. The van der Waals surface area contributed by atoms with Gasteiger partial charge in [-0.3, -0.25) is 4.90 Å².